The van der Waals surface area contributed by atoms with E-state index in [1.165, 1.54) is 29.7 Å². The highest BCUT2D eigenvalue weighted by molar-refractivity contribution is 5.78. The van der Waals surface area contributed by atoms with Crippen LogP contribution in [0.1, 0.15) is 85.5 Å². The number of hydrogen-bond acceptors (Lipinski definition) is 5. The highest BCUT2D eigenvalue weighted by atomic mass is 15.2. The summed E-state index contributed by atoms with van der Waals surface area (Å²) < 4.78 is 0. The van der Waals surface area contributed by atoms with E-state index in [2.05, 4.69) is 92.2 Å². The maximum absolute atomic E-state index is 4.92. The number of para-hydroxylation sites is 1. The Morgan fingerprint density at radius 2 is 1.15 bits per heavy atom. The van der Waals surface area contributed by atoms with Crippen LogP contribution >= 0.6 is 0 Å². The van der Waals surface area contributed by atoms with Crippen LogP contribution in [0.15, 0.2) is 66.7 Å². The first-order chi connectivity index (χ1) is 19.3. The van der Waals surface area contributed by atoms with E-state index in [0.717, 1.165) is 72.5 Å². The monoisotopic (exact) mass is 517 g/mol. The Kier molecular flexibility index (Phi) is 5.66. The van der Waals surface area contributed by atoms with E-state index in [1.54, 1.807) is 0 Å². The lowest BCUT2D eigenvalue weighted by molar-refractivity contribution is 0.614. The van der Waals surface area contributed by atoms with Crippen LogP contribution < -0.4 is 15.5 Å². The van der Waals surface area contributed by atoms with Crippen molar-refractivity contribution in [2.45, 2.75) is 62.7 Å². The van der Waals surface area contributed by atoms with Gasteiger partial charge < -0.3 is 25.5 Å². The molecule has 3 fully saturated rings. The van der Waals surface area contributed by atoms with Gasteiger partial charge in [-0.2, -0.15) is 0 Å². The summed E-state index contributed by atoms with van der Waals surface area (Å²) in [5, 5.41) is 7.15. The lowest BCUT2D eigenvalue weighted by atomic mass is 10.0. The van der Waals surface area contributed by atoms with Crippen LogP contribution in [0.25, 0.3) is 22.1 Å². The molecule has 0 bridgehead atoms. The molecule has 3 aliphatic heterocycles. The Hall–Kier alpha value is -3.68. The molecule has 0 aliphatic carbocycles. The normalized spacial score (nSPS) is 25.4. The summed E-state index contributed by atoms with van der Waals surface area (Å²) in [6, 6.07) is 25.9. The number of fused-ring (bicyclic) bond motifs is 2. The number of rotatable bonds is 5. The molecule has 5 heterocycles. The van der Waals surface area contributed by atoms with Crippen molar-refractivity contribution in [2.75, 3.05) is 18.0 Å². The first kappa shape index (κ1) is 23.2. The molecule has 3 saturated heterocycles. The Labute approximate surface area is 228 Å². The quantitative estimate of drug-likeness (QED) is 0.218. The SMILES string of the molecule is c1ccc(N2[C@@H](c3ccc4nc([C@@H]5CCCN5)[nH]c4c3)CC[C@H]2c2ccc3nc([C@@H]4CCCN4)[nH]c3c2)cc1. The number of nitrogens with zero attached hydrogens (tertiary/aromatic N) is 3. The number of nitrogens with one attached hydrogen (secondary N) is 4. The molecule has 0 amide bonds. The number of imidazole rings is 2. The molecule has 2 aromatic heterocycles. The highest BCUT2D eigenvalue weighted by Crippen LogP contribution is 2.47. The predicted octanol–water partition coefficient (Wildman–Crippen LogP) is 6.37. The standard InChI is InChI=1S/C32H35N7/c1-2-6-22(7-3-1)39-29(20-10-12-23-27(18-20)37-31(35-23)25-8-4-16-33-25)14-15-30(39)21-11-13-24-28(19-21)38-32(36-24)26-9-5-17-34-26/h1-3,6-7,10-13,18-19,25-26,29-30,33-34H,4-5,8-9,14-17H2,(H,35,37)(H,36,38)/t25-,26-,29-,30+/m0/s1. The zero-order chi connectivity index (χ0) is 25.8. The molecule has 4 atom stereocenters. The largest absolute Gasteiger partial charge is 0.357 e. The molecule has 8 rings (SSSR count). The third-order valence-corrected chi connectivity index (χ3v) is 9.04. The molecule has 7 heteroatoms. The van der Waals surface area contributed by atoms with Gasteiger partial charge in [0.1, 0.15) is 11.6 Å². The Morgan fingerprint density at radius 3 is 1.64 bits per heavy atom. The highest BCUT2D eigenvalue weighted by Gasteiger charge is 2.36. The van der Waals surface area contributed by atoms with Crippen molar-refractivity contribution >= 4 is 27.8 Å². The van der Waals surface area contributed by atoms with Gasteiger partial charge in [0.05, 0.1) is 46.2 Å². The number of benzene rings is 3. The Morgan fingerprint density at radius 1 is 0.615 bits per heavy atom. The van der Waals surface area contributed by atoms with Gasteiger partial charge in [-0.1, -0.05) is 30.3 Å². The van der Waals surface area contributed by atoms with E-state index in [1.807, 2.05) is 0 Å². The second-order valence-electron chi connectivity index (χ2n) is 11.4. The fourth-order valence-corrected chi connectivity index (χ4v) is 7.10. The zero-order valence-corrected chi connectivity index (χ0v) is 22.2. The van der Waals surface area contributed by atoms with Crippen LogP contribution in [0.3, 0.4) is 0 Å². The van der Waals surface area contributed by atoms with E-state index in [9.17, 15) is 0 Å². The summed E-state index contributed by atoms with van der Waals surface area (Å²) in [7, 11) is 0. The minimum absolute atomic E-state index is 0.300. The van der Waals surface area contributed by atoms with E-state index in [-0.39, 0.29) is 0 Å². The van der Waals surface area contributed by atoms with Crippen molar-refractivity contribution in [3.63, 3.8) is 0 Å². The molecule has 4 N–H and O–H groups in total. The van der Waals surface area contributed by atoms with Crippen LogP contribution in [0, 0.1) is 0 Å². The van der Waals surface area contributed by atoms with Crippen molar-refractivity contribution in [1.82, 2.24) is 30.6 Å². The second-order valence-corrected chi connectivity index (χ2v) is 11.4. The summed E-state index contributed by atoms with van der Waals surface area (Å²) in [5.41, 5.74) is 8.35. The summed E-state index contributed by atoms with van der Waals surface area (Å²) in [4.78, 5) is 19.7. The second kappa shape index (κ2) is 9.50. The van der Waals surface area contributed by atoms with E-state index >= 15 is 0 Å². The fourth-order valence-electron chi connectivity index (χ4n) is 7.10. The minimum atomic E-state index is 0.300. The molecular formula is C32H35N7. The van der Waals surface area contributed by atoms with E-state index in [0.29, 0.717) is 24.2 Å². The first-order valence-corrected chi connectivity index (χ1v) is 14.6. The van der Waals surface area contributed by atoms with Crippen molar-refractivity contribution in [3.8, 4) is 0 Å². The van der Waals surface area contributed by atoms with Crippen molar-refractivity contribution in [3.05, 3.63) is 89.5 Å². The van der Waals surface area contributed by atoms with Crippen LogP contribution in [0.5, 0.6) is 0 Å². The molecule has 0 unspecified atom stereocenters. The van der Waals surface area contributed by atoms with Crippen molar-refractivity contribution in [1.29, 1.82) is 0 Å². The fraction of sp³-hybridized carbons (Fsp3) is 0.375. The van der Waals surface area contributed by atoms with Crippen molar-refractivity contribution in [2.24, 2.45) is 0 Å². The first-order valence-electron chi connectivity index (χ1n) is 14.6. The molecule has 3 aromatic carbocycles. The summed E-state index contributed by atoms with van der Waals surface area (Å²) >= 11 is 0. The number of aromatic amines is 2. The third kappa shape index (κ3) is 4.12. The lowest BCUT2D eigenvalue weighted by Gasteiger charge is -2.33. The molecule has 0 radical (unpaired) electrons. The number of aromatic nitrogens is 4. The number of anilines is 1. The molecule has 7 nitrogen and oxygen atoms in total. The Bertz CT molecular complexity index is 1510. The zero-order valence-electron chi connectivity index (χ0n) is 22.2. The maximum Gasteiger partial charge on any atom is 0.124 e. The summed E-state index contributed by atoms with van der Waals surface area (Å²) in [6.07, 6.45) is 6.94. The molecule has 0 saturated carbocycles. The Balaban J connectivity index is 1.15. The van der Waals surface area contributed by atoms with Gasteiger partial charge in [-0.15, -0.1) is 0 Å². The summed E-state index contributed by atoms with van der Waals surface area (Å²) in [5.74, 6) is 2.15. The van der Waals surface area contributed by atoms with Gasteiger partial charge in [0, 0.05) is 5.69 Å². The molecule has 0 spiro atoms. The predicted molar refractivity (Wildman–Crippen MR) is 156 cm³/mol. The van der Waals surface area contributed by atoms with Gasteiger partial charge in [-0.05, 0) is 99.1 Å². The van der Waals surface area contributed by atoms with Gasteiger partial charge in [0.25, 0.3) is 0 Å². The van der Waals surface area contributed by atoms with E-state index < -0.39 is 0 Å². The van der Waals surface area contributed by atoms with Gasteiger partial charge in [-0.25, -0.2) is 9.97 Å². The van der Waals surface area contributed by atoms with E-state index in [4.69, 9.17) is 9.97 Å². The average molecular weight is 518 g/mol. The molecule has 5 aromatic rings. The van der Waals surface area contributed by atoms with Gasteiger partial charge in [-0.3, -0.25) is 0 Å². The van der Waals surface area contributed by atoms with Crippen LogP contribution in [0.2, 0.25) is 0 Å². The molecule has 198 valence electrons. The third-order valence-electron chi connectivity index (χ3n) is 9.04. The average Bonchev–Trinajstić information content (AvgIpc) is 3.80. The van der Waals surface area contributed by atoms with Crippen molar-refractivity contribution < 1.29 is 0 Å². The minimum Gasteiger partial charge on any atom is -0.357 e. The van der Waals surface area contributed by atoms with Gasteiger partial charge in [0.15, 0.2) is 0 Å². The van der Waals surface area contributed by atoms with Crippen LogP contribution in [-0.2, 0) is 0 Å². The maximum atomic E-state index is 4.92. The lowest BCUT2D eigenvalue weighted by Crippen LogP contribution is -2.26. The molecular weight excluding hydrogens is 482 g/mol. The molecule has 3 aliphatic rings. The number of H-pyrrole nitrogens is 2. The van der Waals surface area contributed by atoms with Crippen LogP contribution in [0.4, 0.5) is 5.69 Å². The van der Waals surface area contributed by atoms with Gasteiger partial charge >= 0.3 is 0 Å². The topological polar surface area (TPSA) is 84.7 Å². The summed E-state index contributed by atoms with van der Waals surface area (Å²) in [6.45, 7) is 2.15. The van der Waals surface area contributed by atoms with Gasteiger partial charge in [0.2, 0.25) is 0 Å². The molecule has 39 heavy (non-hydrogen) atoms. The van der Waals surface area contributed by atoms with Crippen LogP contribution in [-0.4, -0.2) is 33.0 Å². The smallest absolute Gasteiger partial charge is 0.124 e. The number of hydrogen-bond donors (Lipinski definition) is 4.